The molecule has 1 unspecified atom stereocenters. The molecule has 0 aliphatic rings. The van der Waals surface area contributed by atoms with Gasteiger partial charge in [0, 0.05) is 11.6 Å². The van der Waals surface area contributed by atoms with Gasteiger partial charge in [0.25, 0.3) is 0 Å². The third-order valence-corrected chi connectivity index (χ3v) is 2.98. The number of aliphatic carboxylic acids is 1. The third-order valence-electron chi connectivity index (χ3n) is 2.98. The maximum Gasteiger partial charge on any atom is 0.309 e. The van der Waals surface area contributed by atoms with E-state index in [1.54, 1.807) is 20.9 Å². The summed E-state index contributed by atoms with van der Waals surface area (Å²) >= 11 is 0. The zero-order valence-electron chi connectivity index (χ0n) is 10.6. The van der Waals surface area contributed by atoms with Gasteiger partial charge in [-0.05, 0) is 45.5 Å². The van der Waals surface area contributed by atoms with E-state index in [4.69, 9.17) is 5.11 Å². The molecule has 0 heterocycles. The molecule has 0 bridgehead atoms. The van der Waals surface area contributed by atoms with E-state index in [1.165, 1.54) is 0 Å². The minimum Gasteiger partial charge on any atom is -0.481 e. The number of rotatable bonds is 5. The Morgan fingerprint density at radius 3 is 2.56 bits per heavy atom. The van der Waals surface area contributed by atoms with Gasteiger partial charge in [-0.3, -0.25) is 4.79 Å². The summed E-state index contributed by atoms with van der Waals surface area (Å²) in [6.45, 7) is 3.10. The molecule has 0 fully saturated rings. The topological polar surface area (TPSA) is 49.3 Å². The predicted octanol–water partition coefficient (Wildman–Crippen LogP) is 2.73. The van der Waals surface area contributed by atoms with E-state index in [0.717, 1.165) is 18.2 Å². The van der Waals surface area contributed by atoms with E-state index in [0.29, 0.717) is 0 Å². The van der Waals surface area contributed by atoms with Crippen molar-refractivity contribution in [3.63, 3.8) is 0 Å². The standard InChI is InChI=1S/C13H17F2NO2/c1-13(2,12(17)18)7-11(16-3)9-6-8(14)4-5-10(9)15/h4-6,11,16H,7H2,1-3H3,(H,17,18). The lowest BCUT2D eigenvalue weighted by Gasteiger charge is -2.26. The molecule has 1 atom stereocenters. The summed E-state index contributed by atoms with van der Waals surface area (Å²) in [6.07, 6.45) is 0.166. The fourth-order valence-corrected chi connectivity index (χ4v) is 1.75. The smallest absolute Gasteiger partial charge is 0.309 e. The van der Waals surface area contributed by atoms with Gasteiger partial charge in [-0.15, -0.1) is 0 Å². The molecular formula is C13H17F2NO2. The second-order valence-corrected chi connectivity index (χ2v) is 4.90. The molecule has 0 amide bonds. The van der Waals surface area contributed by atoms with Crippen LogP contribution in [0.3, 0.4) is 0 Å². The maximum absolute atomic E-state index is 13.6. The van der Waals surface area contributed by atoms with Crippen molar-refractivity contribution in [2.45, 2.75) is 26.3 Å². The van der Waals surface area contributed by atoms with Crippen LogP contribution in [-0.2, 0) is 4.79 Å². The molecule has 18 heavy (non-hydrogen) atoms. The molecule has 0 radical (unpaired) electrons. The van der Waals surface area contributed by atoms with Gasteiger partial charge >= 0.3 is 5.97 Å². The molecule has 0 aromatic heterocycles. The van der Waals surface area contributed by atoms with Crippen molar-refractivity contribution in [3.05, 3.63) is 35.4 Å². The van der Waals surface area contributed by atoms with Crippen molar-refractivity contribution in [3.8, 4) is 0 Å². The van der Waals surface area contributed by atoms with Crippen molar-refractivity contribution in [1.29, 1.82) is 0 Å². The summed E-state index contributed by atoms with van der Waals surface area (Å²) in [7, 11) is 1.59. The minimum absolute atomic E-state index is 0.145. The van der Waals surface area contributed by atoms with Crippen LogP contribution in [0.15, 0.2) is 18.2 Å². The quantitative estimate of drug-likeness (QED) is 0.852. The first-order chi connectivity index (χ1) is 8.27. The average Bonchev–Trinajstić information content (AvgIpc) is 2.29. The van der Waals surface area contributed by atoms with E-state index in [2.05, 4.69) is 5.32 Å². The number of halogens is 2. The summed E-state index contributed by atoms with van der Waals surface area (Å²) in [5.41, 5.74) is -0.876. The van der Waals surface area contributed by atoms with Crippen molar-refractivity contribution < 1.29 is 18.7 Å². The summed E-state index contributed by atoms with van der Waals surface area (Å²) < 4.78 is 26.8. The van der Waals surface area contributed by atoms with Crippen LogP contribution in [0.2, 0.25) is 0 Å². The summed E-state index contributed by atoms with van der Waals surface area (Å²) in [4.78, 5) is 11.1. The summed E-state index contributed by atoms with van der Waals surface area (Å²) in [6, 6.07) is 2.62. The fraction of sp³-hybridized carbons (Fsp3) is 0.462. The van der Waals surface area contributed by atoms with Crippen molar-refractivity contribution in [2.75, 3.05) is 7.05 Å². The van der Waals surface area contributed by atoms with Crippen molar-refractivity contribution in [1.82, 2.24) is 5.32 Å². The Kier molecular flexibility index (Phi) is 4.40. The normalized spacial score (nSPS) is 13.4. The third kappa shape index (κ3) is 3.26. The number of benzene rings is 1. The molecule has 0 saturated carbocycles. The zero-order chi connectivity index (χ0) is 13.9. The van der Waals surface area contributed by atoms with Crippen LogP contribution in [0.25, 0.3) is 0 Å². The highest BCUT2D eigenvalue weighted by Crippen LogP contribution is 2.31. The Morgan fingerprint density at radius 1 is 1.44 bits per heavy atom. The largest absolute Gasteiger partial charge is 0.481 e. The second kappa shape index (κ2) is 5.44. The molecular weight excluding hydrogens is 240 g/mol. The van der Waals surface area contributed by atoms with Crippen molar-refractivity contribution in [2.24, 2.45) is 5.41 Å². The maximum atomic E-state index is 13.6. The Balaban J connectivity index is 3.03. The number of carboxylic acids is 1. The lowest BCUT2D eigenvalue weighted by atomic mass is 9.83. The molecule has 1 aromatic rings. The van der Waals surface area contributed by atoms with Gasteiger partial charge in [-0.2, -0.15) is 0 Å². The molecule has 100 valence electrons. The Labute approximate surface area is 105 Å². The first-order valence-corrected chi connectivity index (χ1v) is 5.63. The zero-order valence-corrected chi connectivity index (χ0v) is 10.6. The fourth-order valence-electron chi connectivity index (χ4n) is 1.75. The predicted molar refractivity (Wildman–Crippen MR) is 64.2 cm³/mol. The lowest BCUT2D eigenvalue weighted by molar-refractivity contribution is -0.147. The van der Waals surface area contributed by atoms with Crippen LogP contribution in [-0.4, -0.2) is 18.1 Å². The van der Waals surface area contributed by atoms with Crippen molar-refractivity contribution >= 4 is 5.97 Å². The van der Waals surface area contributed by atoms with Crippen LogP contribution < -0.4 is 5.32 Å². The molecule has 5 heteroatoms. The highest BCUT2D eigenvalue weighted by molar-refractivity contribution is 5.73. The van der Waals surface area contributed by atoms with Crippen LogP contribution in [0.1, 0.15) is 31.9 Å². The molecule has 0 spiro atoms. The van der Waals surface area contributed by atoms with Gasteiger partial charge < -0.3 is 10.4 Å². The number of hydrogen-bond donors (Lipinski definition) is 2. The van der Waals surface area contributed by atoms with Gasteiger partial charge in [0.15, 0.2) is 0 Å². The van der Waals surface area contributed by atoms with Gasteiger partial charge in [-0.25, -0.2) is 8.78 Å². The van der Waals surface area contributed by atoms with Crippen LogP contribution in [0.4, 0.5) is 8.78 Å². The molecule has 1 aromatic carbocycles. The van der Waals surface area contributed by atoms with Gasteiger partial charge in [0.1, 0.15) is 11.6 Å². The van der Waals surface area contributed by atoms with Crippen LogP contribution in [0, 0.1) is 17.0 Å². The van der Waals surface area contributed by atoms with E-state index >= 15 is 0 Å². The number of nitrogens with one attached hydrogen (secondary N) is 1. The van der Waals surface area contributed by atoms with Crippen LogP contribution in [0.5, 0.6) is 0 Å². The van der Waals surface area contributed by atoms with E-state index in [1.807, 2.05) is 0 Å². The Hall–Kier alpha value is -1.49. The highest BCUT2D eigenvalue weighted by Gasteiger charge is 2.31. The Morgan fingerprint density at radius 2 is 2.06 bits per heavy atom. The second-order valence-electron chi connectivity index (χ2n) is 4.90. The summed E-state index contributed by atoms with van der Waals surface area (Å²) in [5.74, 6) is -2.06. The monoisotopic (exact) mass is 257 g/mol. The lowest BCUT2D eigenvalue weighted by Crippen LogP contribution is -2.30. The summed E-state index contributed by atoms with van der Waals surface area (Å²) in [5, 5.41) is 11.9. The molecule has 0 saturated heterocycles. The van der Waals surface area contributed by atoms with Gasteiger partial charge in [0.2, 0.25) is 0 Å². The SMILES string of the molecule is CNC(CC(C)(C)C(=O)O)c1cc(F)ccc1F. The molecule has 2 N–H and O–H groups in total. The number of carboxylic acid groups (broad SMARTS) is 1. The van der Waals surface area contributed by atoms with Gasteiger partial charge in [-0.1, -0.05) is 0 Å². The molecule has 0 aliphatic heterocycles. The van der Waals surface area contributed by atoms with E-state index in [9.17, 15) is 13.6 Å². The first kappa shape index (κ1) is 14.6. The highest BCUT2D eigenvalue weighted by atomic mass is 19.1. The number of hydrogen-bond acceptors (Lipinski definition) is 2. The Bertz CT molecular complexity index is 447. The molecule has 1 rings (SSSR count). The van der Waals surface area contributed by atoms with Crippen LogP contribution >= 0.6 is 0 Å². The minimum atomic E-state index is -1.02. The number of carbonyl (C=O) groups is 1. The molecule has 0 aliphatic carbocycles. The average molecular weight is 257 g/mol. The first-order valence-electron chi connectivity index (χ1n) is 5.63. The van der Waals surface area contributed by atoms with E-state index in [-0.39, 0.29) is 12.0 Å². The van der Waals surface area contributed by atoms with E-state index < -0.39 is 29.1 Å². The van der Waals surface area contributed by atoms with Gasteiger partial charge in [0.05, 0.1) is 5.41 Å². The molecule has 3 nitrogen and oxygen atoms in total.